The molecule has 0 saturated heterocycles. The second-order valence-electron chi connectivity index (χ2n) is 4.93. The van der Waals surface area contributed by atoms with Gasteiger partial charge >= 0.3 is 5.97 Å². The fourth-order valence-corrected chi connectivity index (χ4v) is 2.23. The van der Waals surface area contributed by atoms with Crippen molar-refractivity contribution in [1.29, 1.82) is 0 Å². The summed E-state index contributed by atoms with van der Waals surface area (Å²) in [4.78, 5) is 30.1. The van der Waals surface area contributed by atoms with Crippen LogP contribution in [0.15, 0.2) is 60.8 Å². The molecule has 0 radical (unpaired) electrons. The minimum Gasteiger partial charge on any atom is -0.478 e. The summed E-state index contributed by atoms with van der Waals surface area (Å²) < 4.78 is 0. The van der Waals surface area contributed by atoms with Crippen LogP contribution in [0.2, 0.25) is 0 Å². The lowest BCUT2D eigenvalue weighted by molar-refractivity contribution is -0.384. The molecule has 0 saturated carbocycles. The molecular formula is C17H11N3O4. The fourth-order valence-electron chi connectivity index (χ4n) is 2.23. The molecule has 0 atom stereocenters. The first-order valence-electron chi connectivity index (χ1n) is 6.97. The number of aromatic carboxylic acids is 1. The molecule has 0 aliphatic carbocycles. The summed E-state index contributed by atoms with van der Waals surface area (Å²) in [6.07, 6.45) is 1.24. The standard InChI is InChI=1S/C17H11N3O4/c21-17(22)14-10-18-16(12-4-2-1-3-5-12)19-15(14)11-6-8-13(9-7-11)20(23)24/h1-10H,(H,21,22). The number of nitro groups is 1. The van der Waals surface area contributed by atoms with E-state index >= 15 is 0 Å². The zero-order valence-electron chi connectivity index (χ0n) is 12.3. The van der Waals surface area contributed by atoms with Crippen LogP contribution in [0.1, 0.15) is 10.4 Å². The third-order valence-corrected chi connectivity index (χ3v) is 3.40. The van der Waals surface area contributed by atoms with E-state index < -0.39 is 10.9 Å². The summed E-state index contributed by atoms with van der Waals surface area (Å²) >= 11 is 0. The van der Waals surface area contributed by atoms with Crippen LogP contribution in [0.25, 0.3) is 22.6 Å². The number of nitrogens with zero attached hydrogens (tertiary/aromatic N) is 3. The van der Waals surface area contributed by atoms with Crippen LogP contribution in [0.5, 0.6) is 0 Å². The zero-order valence-corrected chi connectivity index (χ0v) is 12.3. The second kappa shape index (κ2) is 6.25. The lowest BCUT2D eigenvalue weighted by Crippen LogP contribution is -2.04. The predicted molar refractivity (Wildman–Crippen MR) is 86.5 cm³/mol. The highest BCUT2D eigenvalue weighted by Crippen LogP contribution is 2.26. The topological polar surface area (TPSA) is 106 Å². The highest BCUT2D eigenvalue weighted by molar-refractivity contribution is 5.94. The van der Waals surface area contributed by atoms with Gasteiger partial charge in [0.05, 0.1) is 10.6 Å². The molecule has 1 heterocycles. The third-order valence-electron chi connectivity index (χ3n) is 3.40. The van der Waals surface area contributed by atoms with E-state index in [4.69, 9.17) is 0 Å². The van der Waals surface area contributed by atoms with Gasteiger partial charge in [-0.25, -0.2) is 14.8 Å². The quantitative estimate of drug-likeness (QED) is 0.583. The van der Waals surface area contributed by atoms with Crippen molar-refractivity contribution in [2.24, 2.45) is 0 Å². The molecule has 1 N–H and O–H groups in total. The molecular weight excluding hydrogens is 310 g/mol. The zero-order chi connectivity index (χ0) is 17.1. The van der Waals surface area contributed by atoms with E-state index in [0.29, 0.717) is 11.4 Å². The first-order valence-corrected chi connectivity index (χ1v) is 6.97. The largest absolute Gasteiger partial charge is 0.478 e. The van der Waals surface area contributed by atoms with Crippen LogP contribution >= 0.6 is 0 Å². The van der Waals surface area contributed by atoms with Gasteiger partial charge in [-0.1, -0.05) is 30.3 Å². The number of benzene rings is 2. The number of rotatable bonds is 4. The molecule has 7 nitrogen and oxygen atoms in total. The van der Waals surface area contributed by atoms with Crippen LogP contribution in [0.4, 0.5) is 5.69 Å². The van der Waals surface area contributed by atoms with Crippen molar-refractivity contribution in [2.75, 3.05) is 0 Å². The molecule has 2 aromatic carbocycles. The van der Waals surface area contributed by atoms with E-state index in [-0.39, 0.29) is 16.9 Å². The van der Waals surface area contributed by atoms with Gasteiger partial charge in [0, 0.05) is 29.5 Å². The van der Waals surface area contributed by atoms with Crippen molar-refractivity contribution < 1.29 is 14.8 Å². The Bertz CT molecular complexity index is 909. The van der Waals surface area contributed by atoms with E-state index in [1.165, 1.54) is 30.5 Å². The van der Waals surface area contributed by atoms with Crippen molar-refractivity contribution in [2.45, 2.75) is 0 Å². The maximum atomic E-state index is 11.4. The van der Waals surface area contributed by atoms with Crippen LogP contribution < -0.4 is 0 Å². The molecule has 118 valence electrons. The Labute approximate surface area is 136 Å². The number of hydrogen-bond donors (Lipinski definition) is 1. The molecule has 0 unspecified atom stereocenters. The van der Waals surface area contributed by atoms with Crippen LogP contribution in [0.3, 0.4) is 0 Å². The smallest absolute Gasteiger partial charge is 0.339 e. The SMILES string of the molecule is O=C(O)c1cnc(-c2ccccc2)nc1-c1ccc([N+](=O)[O-])cc1. The van der Waals surface area contributed by atoms with Gasteiger partial charge in [-0.05, 0) is 12.1 Å². The summed E-state index contributed by atoms with van der Waals surface area (Å²) in [6, 6.07) is 14.7. The molecule has 3 rings (SSSR count). The summed E-state index contributed by atoms with van der Waals surface area (Å²) in [5.41, 5.74) is 1.29. The average Bonchev–Trinajstić information content (AvgIpc) is 2.62. The van der Waals surface area contributed by atoms with E-state index in [1.807, 2.05) is 30.3 Å². The molecule has 0 fully saturated rings. The van der Waals surface area contributed by atoms with Gasteiger partial charge < -0.3 is 5.11 Å². The Hall–Kier alpha value is -3.61. The lowest BCUT2D eigenvalue weighted by atomic mass is 10.1. The van der Waals surface area contributed by atoms with Gasteiger partial charge in [-0.2, -0.15) is 0 Å². The van der Waals surface area contributed by atoms with Gasteiger partial charge in [0.2, 0.25) is 0 Å². The molecule has 3 aromatic rings. The lowest BCUT2D eigenvalue weighted by Gasteiger charge is -2.08. The van der Waals surface area contributed by atoms with Gasteiger partial charge in [0.15, 0.2) is 5.82 Å². The Kier molecular flexibility index (Phi) is 3.98. The van der Waals surface area contributed by atoms with Crippen molar-refractivity contribution in [1.82, 2.24) is 9.97 Å². The summed E-state index contributed by atoms with van der Waals surface area (Å²) in [5.74, 6) is -0.781. The molecule has 24 heavy (non-hydrogen) atoms. The van der Waals surface area contributed by atoms with E-state index in [1.54, 1.807) is 0 Å². The molecule has 0 aliphatic heterocycles. The molecule has 1 aromatic heterocycles. The summed E-state index contributed by atoms with van der Waals surface area (Å²) in [6.45, 7) is 0. The van der Waals surface area contributed by atoms with E-state index in [0.717, 1.165) is 5.56 Å². The van der Waals surface area contributed by atoms with Crippen molar-refractivity contribution in [3.05, 3.63) is 76.5 Å². The molecule has 0 bridgehead atoms. The highest BCUT2D eigenvalue weighted by atomic mass is 16.6. The minimum absolute atomic E-state index is 0.0662. The average molecular weight is 321 g/mol. The number of aromatic nitrogens is 2. The molecule has 0 aliphatic rings. The van der Waals surface area contributed by atoms with Crippen molar-refractivity contribution >= 4 is 11.7 Å². The number of carboxylic acids is 1. The molecule has 0 spiro atoms. The first-order chi connectivity index (χ1) is 11.6. The van der Waals surface area contributed by atoms with Crippen LogP contribution in [-0.4, -0.2) is 26.0 Å². The first kappa shape index (κ1) is 15.3. The van der Waals surface area contributed by atoms with Crippen LogP contribution in [-0.2, 0) is 0 Å². The van der Waals surface area contributed by atoms with Gasteiger partial charge in [0.1, 0.15) is 5.56 Å². The minimum atomic E-state index is -1.16. The number of hydrogen-bond acceptors (Lipinski definition) is 5. The normalized spacial score (nSPS) is 10.3. The van der Waals surface area contributed by atoms with Gasteiger partial charge in [-0.3, -0.25) is 10.1 Å². The number of nitro benzene ring substituents is 1. The summed E-state index contributed by atoms with van der Waals surface area (Å²) in [5, 5.41) is 20.1. The van der Waals surface area contributed by atoms with E-state index in [9.17, 15) is 20.0 Å². The fraction of sp³-hybridized carbons (Fsp3) is 0. The third kappa shape index (κ3) is 2.95. The van der Waals surface area contributed by atoms with Crippen molar-refractivity contribution in [3.8, 4) is 22.6 Å². The Morgan fingerprint density at radius 3 is 2.25 bits per heavy atom. The highest BCUT2D eigenvalue weighted by Gasteiger charge is 2.17. The number of non-ortho nitro benzene ring substituents is 1. The predicted octanol–water partition coefficient (Wildman–Crippen LogP) is 3.42. The summed E-state index contributed by atoms with van der Waals surface area (Å²) in [7, 11) is 0. The number of carboxylic acid groups (broad SMARTS) is 1. The Morgan fingerprint density at radius 2 is 1.67 bits per heavy atom. The maximum absolute atomic E-state index is 11.4. The van der Waals surface area contributed by atoms with Gasteiger partial charge in [-0.15, -0.1) is 0 Å². The Morgan fingerprint density at radius 1 is 1.00 bits per heavy atom. The van der Waals surface area contributed by atoms with Crippen molar-refractivity contribution in [3.63, 3.8) is 0 Å². The van der Waals surface area contributed by atoms with E-state index in [2.05, 4.69) is 9.97 Å². The monoisotopic (exact) mass is 321 g/mol. The second-order valence-corrected chi connectivity index (χ2v) is 4.93. The maximum Gasteiger partial charge on any atom is 0.339 e. The Balaban J connectivity index is 2.13. The van der Waals surface area contributed by atoms with Crippen LogP contribution in [0, 0.1) is 10.1 Å². The number of carbonyl (C=O) groups is 1. The van der Waals surface area contributed by atoms with Gasteiger partial charge in [0.25, 0.3) is 5.69 Å². The molecule has 0 amide bonds. The molecule has 7 heteroatoms.